The average Bonchev–Trinajstić information content (AvgIpc) is 3.37. The van der Waals surface area contributed by atoms with Gasteiger partial charge in [-0.15, -0.1) is 0 Å². The van der Waals surface area contributed by atoms with Crippen LogP contribution in [0.3, 0.4) is 0 Å². The summed E-state index contributed by atoms with van der Waals surface area (Å²) in [4.78, 5) is 25.0. The molecule has 0 aromatic heterocycles. The number of rotatable bonds is 6. The molecule has 1 aromatic carbocycles. The number of amides is 2. The van der Waals surface area contributed by atoms with Crippen molar-refractivity contribution < 1.29 is 33.3 Å². The first-order valence-electron chi connectivity index (χ1n) is 10.8. The topological polar surface area (TPSA) is 104 Å². The van der Waals surface area contributed by atoms with E-state index < -0.39 is 18.3 Å². The van der Waals surface area contributed by atoms with E-state index in [-0.39, 0.29) is 30.6 Å². The van der Waals surface area contributed by atoms with Crippen LogP contribution in [0.5, 0.6) is 11.5 Å². The first-order valence-corrected chi connectivity index (χ1v) is 10.8. The van der Waals surface area contributed by atoms with Gasteiger partial charge in [0.1, 0.15) is 23.7 Å². The van der Waals surface area contributed by atoms with Crippen molar-refractivity contribution in [3.63, 3.8) is 0 Å². The van der Waals surface area contributed by atoms with E-state index in [1.54, 1.807) is 18.2 Å². The Bertz CT molecular complexity index is 774. The van der Waals surface area contributed by atoms with E-state index in [1.165, 1.54) is 20.6 Å². The number of carbonyl (C=O) groups excluding carboxylic acids is 2. The summed E-state index contributed by atoms with van der Waals surface area (Å²) in [6.07, 6.45) is 3.40. The van der Waals surface area contributed by atoms with Gasteiger partial charge in [0.15, 0.2) is 6.10 Å². The molecule has 31 heavy (non-hydrogen) atoms. The second-order valence-electron chi connectivity index (χ2n) is 8.22. The maximum absolute atomic E-state index is 12.6. The van der Waals surface area contributed by atoms with Crippen molar-refractivity contribution in [2.24, 2.45) is 5.92 Å². The number of carbonyl (C=O) groups is 2. The molecule has 3 fully saturated rings. The third kappa shape index (κ3) is 5.04. The van der Waals surface area contributed by atoms with Crippen LogP contribution in [0.4, 0.5) is 10.5 Å². The van der Waals surface area contributed by atoms with Crippen LogP contribution in [0.25, 0.3) is 0 Å². The first kappa shape index (κ1) is 21.7. The molecule has 3 aliphatic rings. The zero-order valence-electron chi connectivity index (χ0n) is 17.9. The van der Waals surface area contributed by atoms with Gasteiger partial charge in [0.05, 0.1) is 39.2 Å². The molecule has 4 rings (SSSR count). The molecule has 0 spiro atoms. The van der Waals surface area contributed by atoms with Crippen molar-refractivity contribution in [2.75, 3.05) is 32.8 Å². The predicted octanol–water partition coefficient (Wildman–Crippen LogP) is 2.48. The molecule has 1 aliphatic carbocycles. The minimum absolute atomic E-state index is 0.0756. The molecule has 0 bridgehead atoms. The highest BCUT2D eigenvalue weighted by Crippen LogP contribution is 2.31. The zero-order valence-corrected chi connectivity index (χ0v) is 17.9. The number of ether oxygens (including phenoxy) is 5. The molecule has 2 amide bonds. The van der Waals surface area contributed by atoms with Crippen LogP contribution >= 0.6 is 0 Å². The van der Waals surface area contributed by atoms with Gasteiger partial charge < -0.3 is 29.0 Å². The van der Waals surface area contributed by atoms with Crippen LogP contribution < -0.4 is 20.1 Å². The Morgan fingerprint density at radius 3 is 2.29 bits per heavy atom. The van der Waals surface area contributed by atoms with Crippen molar-refractivity contribution in [1.82, 2.24) is 5.32 Å². The monoisotopic (exact) mass is 434 g/mol. The van der Waals surface area contributed by atoms with Gasteiger partial charge in [-0.1, -0.05) is 19.3 Å². The Morgan fingerprint density at radius 1 is 0.935 bits per heavy atom. The van der Waals surface area contributed by atoms with Crippen LogP contribution in [0.1, 0.15) is 32.1 Å². The SMILES string of the molecule is COc1cc(NC(=O)OC2COC3C(NC(=O)C4CCCCC4)COC23)cc(OC)c1. The molecule has 1 saturated carbocycles. The zero-order chi connectivity index (χ0) is 21.8. The molecule has 2 heterocycles. The summed E-state index contributed by atoms with van der Waals surface area (Å²) in [6, 6.07) is 4.82. The lowest BCUT2D eigenvalue weighted by atomic mass is 9.88. The highest BCUT2D eigenvalue weighted by molar-refractivity contribution is 5.85. The molecule has 4 atom stereocenters. The van der Waals surface area contributed by atoms with Gasteiger partial charge in [0, 0.05) is 24.1 Å². The van der Waals surface area contributed by atoms with Crippen LogP contribution in [0.2, 0.25) is 0 Å². The average molecular weight is 434 g/mol. The van der Waals surface area contributed by atoms with Gasteiger partial charge in [-0.05, 0) is 12.8 Å². The van der Waals surface area contributed by atoms with Gasteiger partial charge in [-0.2, -0.15) is 0 Å². The molecule has 1 aromatic rings. The van der Waals surface area contributed by atoms with Gasteiger partial charge in [-0.3, -0.25) is 10.1 Å². The van der Waals surface area contributed by atoms with E-state index in [1.807, 2.05) is 0 Å². The third-order valence-electron chi connectivity index (χ3n) is 6.17. The molecular formula is C22H30N2O7. The number of hydrogen-bond acceptors (Lipinski definition) is 7. The van der Waals surface area contributed by atoms with Crippen molar-refractivity contribution >= 4 is 17.7 Å². The fourth-order valence-electron chi connectivity index (χ4n) is 4.52. The van der Waals surface area contributed by atoms with E-state index >= 15 is 0 Å². The second kappa shape index (κ2) is 9.74. The Labute approximate surface area is 181 Å². The lowest BCUT2D eigenvalue weighted by Gasteiger charge is -2.24. The fourth-order valence-corrected chi connectivity index (χ4v) is 4.52. The molecule has 2 saturated heterocycles. The van der Waals surface area contributed by atoms with Crippen LogP contribution in [-0.4, -0.2) is 63.8 Å². The van der Waals surface area contributed by atoms with Gasteiger partial charge in [0.25, 0.3) is 0 Å². The quantitative estimate of drug-likeness (QED) is 0.709. The third-order valence-corrected chi connectivity index (χ3v) is 6.17. The molecule has 2 aliphatic heterocycles. The smallest absolute Gasteiger partial charge is 0.412 e. The summed E-state index contributed by atoms with van der Waals surface area (Å²) in [6.45, 7) is 0.572. The number of nitrogens with one attached hydrogen (secondary N) is 2. The lowest BCUT2D eigenvalue weighted by molar-refractivity contribution is -0.127. The normalized spacial score (nSPS) is 27.9. The van der Waals surface area contributed by atoms with Gasteiger partial charge in [0.2, 0.25) is 5.91 Å². The summed E-state index contributed by atoms with van der Waals surface area (Å²) < 4.78 is 27.6. The second-order valence-corrected chi connectivity index (χ2v) is 8.22. The summed E-state index contributed by atoms with van der Waals surface area (Å²) in [5.74, 6) is 1.25. The number of hydrogen-bond donors (Lipinski definition) is 2. The first-order chi connectivity index (χ1) is 15.1. The molecule has 170 valence electrons. The van der Waals surface area contributed by atoms with E-state index in [0.717, 1.165) is 25.7 Å². The molecule has 0 radical (unpaired) electrons. The van der Waals surface area contributed by atoms with Crippen molar-refractivity contribution in [3.05, 3.63) is 18.2 Å². The van der Waals surface area contributed by atoms with E-state index in [9.17, 15) is 9.59 Å². The highest BCUT2D eigenvalue weighted by atomic mass is 16.6. The summed E-state index contributed by atoms with van der Waals surface area (Å²) >= 11 is 0. The van der Waals surface area contributed by atoms with Gasteiger partial charge in [-0.25, -0.2) is 4.79 Å². The maximum atomic E-state index is 12.6. The van der Waals surface area contributed by atoms with E-state index in [4.69, 9.17) is 23.7 Å². The van der Waals surface area contributed by atoms with Crippen molar-refractivity contribution in [3.8, 4) is 11.5 Å². The molecular weight excluding hydrogens is 404 g/mol. The number of fused-ring (bicyclic) bond motifs is 1. The number of anilines is 1. The van der Waals surface area contributed by atoms with Gasteiger partial charge >= 0.3 is 6.09 Å². The number of methoxy groups -OCH3 is 2. The Kier molecular flexibility index (Phi) is 6.82. The molecule has 2 N–H and O–H groups in total. The standard InChI is InChI=1S/C22H30N2O7/c1-27-15-8-14(9-16(10-15)28-2)23-22(26)31-18-12-30-19-17(11-29-20(18)19)24-21(25)13-6-4-3-5-7-13/h8-10,13,17-20H,3-7,11-12H2,1-2H3,(H,23,26)(H,24,25). The summed E-state index contributed by atoms with van der Waals surface area (Å²) in [5.41, 5.74) is 0.488. The number of benzene rings is 1. The fraction of sp³-hybridized carbons (Fsp3) is 0.636. The van der Waals surface area contributed by atoms with E-state index in [0.29, 0.717) is 23.8 Å². The lowest BCUT2D eigenvalue weighted by Crippen LogP contribution is -2.46. The molecule has 9 heteroatoms. The maximum Gasteiger partial charge on any atom is 0.412 e. The Morgan fingerprint density at radius 2 is 1.61 bits per heavy atom. The molecule has 4 unspecified atom stereocenters. The van der Waals surface area contributed by atoms with Crippen LogP contribution in [-0.2, 0) is 19.0 Å². The highest BCUT2D eigenvalue weighted by Gasteiger charge is 2.50. The molecule has 9 nitrogen and oxygen atoms in total. The van der Waals surface area contributed by atoms with Crippen LogP contribution in [0, 0.1) is 5.92 Å². The minimum atomic E-state index is -0.622. The Hall–Kier alpha value is -2.52. The Balaban J connectivity index is 1.30. The minimum Gasteiger partial charge on any atom is -0.497 e. The largest absolute Gasteiger partial charge is 0.497 e. The van der Waals surface area contributed by atoms with E-state index in [2.05, 4.69) is 10.6 Å². The summed E-state index contributed by atoms with van der Waals surface area (Å²) in [7, 11) is 3.07. The van der Waals surface area contributed by atoms with Crippen molar-refractivity contribution in [2.45, 2.75) is 56.5 Å². The van der Waals surface area contributed by atoms with Crippen molar-refractivity contribution in [1.29, 1.82) is 0 Å². The predicted molar refractivity (Wildman–Crippen MR) is 111 cm³/mol. The van der Waals surface area contributed by atoms with Crippen LogP contribution in [0.15, 0.2) is 18.2 Å². The summed E-state index contributed by atoms with van der Waals surface area (Å²) in [5, 5.41) is 5.77.